The number of hydrogen-bond acceptors (Lipinski definition) is 8. The molecule has 17 heteroatoms. The van der Waals surface area contributed by atoms with Crippen molar-refractivity contribution >= 4 is 50.8 Å². The molecule has 2 aromatic heterocycles. The smallest absolute Gasteiger partial charge is 0.371 e. The van der Waals surface area contributed by atoms with Gasteiger partial charge in [-0.3, -0.25) is 14.4 Å². The molecule has 52 heavy (non-hydrogen) atoms. The van der Waals surface area contributed by atoms with E-state index in [1.54, 1.807) is 6.92 Å². The van der Waals surface area contributed by atoms with Gasteiger partial charge in [-0.05, 0) is 79.3 Å². The maximum atomic E-state index is 14.1. The molecule has 1 spiro atoms. The normalized spacial score (nSPS) is 22.9. The fraction of sp³-hybridized carbons (Fsp3) is 0.457. The number of anilines is 1. The zero-order valence-electron chi connectivity index (χ0n) is 28.3. The number of hydrogen-bond donors (Lipinski definition) is 2. The third kappa shape index (κ3) is 6.86. The van der Waals surface area contributed by atoms with E-state index < -0.39 is 34.9 Å². The van der Waals surface area contributed by atoms with E-state index >= 15 is 0 Å². The van der Waals surface area contributed by atoms with Crippen LogP contribution in [-0.4, -0.2) is 67.7 Å². The molecule has 3 aliphatic rings. The van der Waals surface area contributed by atoms with E-state index in [-0.39, 0.29) is 51.7 Å². The predicted molar refractivity (Wildman–Crippen MR) is 188 cm³/mol. The molecule has 2 amide bonds. The van der Waals surface area contributed by atoms with Gasteiger partial charge in [0.15, 0.2) is 0 Å². The fourth-order valence-corrected chi connectivity index (χ4v) is 8.26. The van der Waals surface area contributed by atoms with Crippen LogP contribution in [0, 0.1) is 5.92 Å². The maximum absolute atomic E-state index is 14.1. The molecule has 12 nitrogen and oxygen atoms in total. The van der Waals surface area contributed by atoms with Gasteiger partial charge in [-0.25, -0.2) is 0 Å². The van der Waals surface area contributed by atoms with Crippen molar-refractivity contribution in [3.8, 4) is 0 Å². The summed E-state index contributed by atoms with van der Waals surface area (Å²) in [6.45, 7) is 5.18. The zero-order chi connectivity index (χ0) is 36.9. The average Bonchev–Trinajstić information content (AvgIpc) is 3.64. The molecule has 0 saturated carbocycles. The Bertz CT molecular complexity index is 2070. The summed E-state index contributed by atoms with van der Waals surface area (Å²) in [6.07, 6.45) is -4.28. The third-order valence-electron chi connectivity index (χ3n) is 10.2. The van der Waals surface area contributed by atoms with Crippen LogP contribution in [0.15, 0.2) is 58.1 Å². The van der Waals surface area contributed by atoms with Crippen molar-refractivity contribution in [2.75, 3.05) is 25.0 Å². The molecule has 4 atom stereocenters. The lowest BCUT2D eigenvalue weighted by atomic mass is 9.83. The molecule has 4 aromatic rings. The number of carbonyl (C=O) groups is 2. The number of nitrogens with zero attached hydrogens (tertiary/aromatic N) is 5. The van der Waals surface area contributed by atoms with Crippen molar-refractivity contribution in [1.82, 2.24) is 29.4 Å². The number of aromatic nitrogens is 4. The largest absolute Gasteiger partial charge is 0.416 e. The Morgan fingerprint density at radius 3 is 2.58 bits per heavy atom. The van der Waals surface area contributed by atoms with Gasteiger partial charge < -0.3 is 29.6 Å². The number of fused-ring (bicyclic) bond motifs is 3. The highest BCUT2D eigenvalue weighted by Gasteiger charge is 2.51. The highest BCUT2D eigenvalue weighted by Crippen LogP contribution is 2.48. The van der Waals surface area contributed by atoms with E-state index in [9.17, 15) is 27.6 Å². The Morgan fingerprint density at radius 1 is 1.15 bits per heavy atom. The van der Waals surface area contributed by atoms with E-state index in [1.807, 2.05) is 42.2 Å². The Hall–Kier alpha value is -3.83. The summed E-state index contributed by atoms with van der Waals surface area (Å²) in [7, 11) is 0. The lowest BCUT2D eigenvalue weighted by Crippen LogP contribution is -2.56. The molecule has 2 fully saturated rings. The number of amides is 2. The van der Waals surface area contributed by atoms with Gasteiger partial charge in [0.05, 0.1) is 52.3 Å². The summed E-state index contributed by atoms with van der Waals surface area (Å²) < 4.78 is 55.2. The summed E-state index contributed by atoms with van der Waals surface area (Å²) in [4.78, 5) is 47.8. The Balaban J connectivity index is 1.13. The van der Waals surface area contributed by atoms with Crippen molar-refractivity contribution in [2.45, 2.75) is 76.3 Å². The molecule has 2 saturated heterocycles. The van der Waals surface area contributed by atoms with Gasteiger partial charge in [0.2, 0.25) is 22.3 Å². The zero-order valence-corrected chi connectivity index (χ0v) is 30.6. The molecule has 0 radical (unpaired) electrons. The van der Waals surface area contributed by atoms with Crippen molar-refractivity contribution < 1.29 is 32.2 Å². The third-order valence-corrected chi connectivity index (χ3v) is 10.8. The van der Waals surface area contributed by atoms with E-state index in [4.69, 9.17) is 21.1 Å². The van der Waals surface area contributed by atoms with Gasteiger partial charge in [-0.1, -0.05) is 41.9 Å². The second kappa shape index (κ2) is 14.2. The molecule has 0 bridgehead atoms. The quantitative estimate of drug-likeness (QED) is 0.252. The second-order valence-electron chi connectivity index (χ2n) is 13.5. The summed E-state index contributed by atoms with van der Waals surface area (Å²) in [5.74, 6) is -0.890. The van der Waals surface area contributed by atoms with Gasteiger partial charge >= 0.3 is 6.18 Å². The first-order chi connectivity index (χ1) is 24.8. The first-order valence-electron chi connectivity index (χ1n) is 17.0. The highest BCUT2D eigenvalue weighted by molar-refractivity contribution is 9.10. The summed E-state index contributed by atoms with van der Waals surface area (Å²) in [5.41, 5.74) is -0.674. The van der Waals surface area contributed by atoms with Crippen LogP contribution in [0.25, 0.3) is 5.78 Å². The molecule has 2 N–H and O–H groups in total. The van der Waals surface area contributed by atoms with Gasteiger partial charge in [0.1, 0.15) is 12.1 Å². The minimum absolute atomic E-state index is 0.000742. The molecule has 2 aromatic carbocycles. The lowest BCUT2D eigenvalue weighted by Gasteiger charge is -2.43. The van der Waals surface area contributed by atoms with Crippen LogP contribution in [0.2, 0.25) is 5.02 Å². The van der Waals surface area contributed by atoms with Crippen LogP contribution in [-0.2, 0) is 44.0 Å². The van der Waals surface area contributed by atoms with Crippen LogP contribution < -0.4 is 16.2 Å². The number of piperidine rings is 2. The van der Waals surface area contributed by atoms with Crippen LogP contribution in [0.5, 0.6) is 0 Å². The molecular formula is C35H36BrClF3N7O5. The SMILES string of the molecule is CC1OC2(CCN(C(=O)C3CCNC(C)C3OCc3ccccc3)CC2)c2c1n(CC(=O)Nc1ccc(C(F)(F)F)cc1Cl)c1nc(Br)nn1c2=O. The molecule has 7 rings (SSSR count). The molecule has 4 unspecified atom stereocenters. The fourth-order valence-electron chi connectivity index (χ4n) is 7.71. The van der Waals surface area contributed by atoms with Gasteiger partial charge in [0, 0.05) is 19.1 Å². The number of rotatable bonds is 7. The summed E-state index contributed by atoms with van der Waals surface area (Å²) in [6, 6.07) is 12.5. The molecular weight excluding hydrogens is 771 g/mol. The van der Waals surface area contributed by atoms with Crippen LogP contribution in [0.1, 0.15) is 61.6 Å². The maximum Gasteiger partial charge on any atom is 0.416 e. The van der Waals surface area contributed by atoms with Crippen LogP contribution >= 0.6 is 27.5 Å². The second-order valence-corrected chi connectivity index (χ2v) is 14.6. The van der Waals surface area contributed by atoms with Crippen molar-refractivity contribution in [2.24, 2.45) is 5.92 Å². The number of ether oxygens (including phenoxy) is 2. The minimum atomic E-state index is -4.60. The standard InChI is InChI=1S/C35H36BrClF3N7O5/c1-19-29(51-18-21-6-4-3-5-7-21)23(10-13-41-19)30(49)45-14-11-34(12-15-45)27-28(20(2)52-34)46(33-43-32(36)44-47(33)31(27)50)17-26(48)42-25-9-8-22(16-24(25)37)35(38,39)40/h3-9,16,19-20,23,29,41H,10-15,17-18H2,1-2H3,(H,42,48). The molecule has 5 heterocycles. The molecule has 0 aliphatic carbocycles. The summed E-state index contributed by atoms with van der Waals surface area (Å²) in [5, 5.41) is 9.96. The monoisotopic (exact) mass is 805 g/mol. The average molecular weight is 807 g/mol. The topological polar surface area (TPSA) is 132 Å². The predicted octanol–water partition coefficient (Wildman–Crippen LogP) is 5.46. The van der Waals surface area contributed by atoms with Crippen LogP contribution in [0.4, 0.5) is 18.9 Å². The number of nitrogens with one attached hydrogen (secondary N) is 2. The van der Waals surface area contributed by atoms with Crippen LogP contribution in [0.3, 0.4) is 0 Å². The Morgan fingerprint density at radius 2 is 1.88 bits per heavy atom. The van der Waals surface area contributed by atoms with Crippen molar-refractivity contribution in [3.63, 3.8) is 0 Å². The number of halogens is 5. The molecule has 276 valence electrons. The minimum Gasteiger partial charge on any atom is -0.371 e. The van der Waals surface area contributed by atoms with Gasteiger partial charge in [-0.15, -0.1) is 5.10 Å². The first kappa shape index (κ1) is 36.5. The van der Waals surface area contributed by atoms with Crippen molar-refractivity contribution in [3.05, 3.63) is 91.0 Å². The van der Waals surface area contributed by atoms with E-state index in [0.717, 1.165) is 28.3 Å². The Kier molecular flexibility index (Phi) is 9.97. The van der Waals surface area contributed by atoms with E-state index in [0.29, 0.717) is 56.8 Å². The van der Waals surface area contributed by atoms with E-state index in [1.165, 1.54) is 4.57 Å². The molecule has 3 aliphatic heterocycles. The van der Waals surface area contributed by atoms with Gasteiger partial charge in [0.25, 0.3) is 5.56 Å². The lowest BCUT2D eigenvalue weighted by molar-refractivity contribution is -0.153. The summed E-state index contributed by atoms with van der Waals surface area (Å²) >= 11 is 9.34. The van der Waals surface area contributed by atoms with Crippen molar-refractivity contribution in [1.29, 1.82) is 0 Å². The number of likely N-dealkylation sites (tertiary alicyclic amines) is 1. The van der Waals surface area contributed by atoms with Gasteiger partial charge in [-0.2, -0.15) is 22.7 Å². The first-order valence-corrected chi connectivity index (χ1v) is 18.1. The number of benzene rings is 2. The Labute approximate surface area is 309 Å². The highest BCUT2D eigenvalue weighted by atomic mass is 79.9. The number of alkyl halides is 3. The van der Waals surface area contributed by atoms with E-state index in [2.05, 4.69) is 36.6 Å². The number of carbonyl (C=O) groups excluding carboxylic acids is 2.